The van der Waals surface area contributed by atoms with Gasteiger partial charge in [-0.3, -0.25) is 67.1 Å². The summed E-state index contributed by atoms with van der Waals surface area (Å²) in [6.07, 6.45) is 37.4. The standard InChI is InChI=1S/C91H163N9O23/c1-70(101)71(41-35-38-55-98-87(114)76(92)45-31-28-30-44-75(103)68-122-63-61-120-59-57-96-81(106)52-50-73(89(116)117)65-74(102)43-29-24-20-16-12-8-4-6-10-14-18-22-26-33-48-85(110)111)66-79(104)72(67-80(105)91(2,3)94)42-36-39-56-99-88(115)77(93)46-37-40-54-95-84(109)69-123-64-62-121-60-58-97-82(107)53-51-78(90(118)119)100-83(108)47-32-25-21-17-13-9-5-7-11-15-19-23-27-34-49-86(112)113/h71-73,76-78H,4-69,92-94H2,1-3H3,(H,95,109)(H,96,106)(H,97,107)(H,98,114)(H,99,115)(H,100,108)(H,110,111)(H,112,113)(H,116,117)(H,118,119)/t71-,72-,73-,76+,77+,78+/m1/s1. The van der Waals surface area contributed by atoms with Crippen LogP contribution >= 0.6 is 0 Å². The van der Waals surface area contributed by atoms with Gasteiger partial charge in [0.05, 0.1) is 63.2 Å². The fourth-order valence-electron chi connectivity index (χ4n) is 14.1. The van der Waals surface area contributed by atoms with Crippen molar-refractivity contribution in [2.24, 2.45) is 35.0 Å². The van der Waals surface area contributed by atoms with Gasteiger partial charge in [-0.1, -0.05) is 180 Å². The molecular formula is C91H163N9O23. The van der Waals surface area contributed by atoms with Crippen LogP contribution in [-0.2, 0) is 90.9 Å². The average molecular weight is 1750 g/mol. The van der Waals surface area contributed by atoms with Gasteiger partial charge in [0.25, 0.3) is 0 Å². The molecule has 0 fully saturated rings. The number of amides is 6. The number of carbonyl (C=O) groups is 15. The lowest BCUT2D eigenvalue weighted by Gasteiger charge is -2.23. The van der Waals surface area contributed by atoms with Gasteiger partial charge in [0.1, 0.15) is 36.6 Å². The van der Waals surface area contributed by atoms with Crippen molar-refractivity contribution in [1.29, 1.82) is 0 Å². The number of carboxylic acid groups (broad SMARTS) is 4. The molecule has 0 aliphatic rings. The van der Waals surface area contributed by atoms with E-state index in [2.05, 4.69) is 31.9 Å². The molecule has 0 bridgehead atoms. The molecule has 0 spiro atoms. The Kier molecular flexibility index (Phi) is 73.7. The highest BCUT2D eigenvalue weighted by Gasteiger charge is 2.31. The van der Waals surface area contributed by atoms with Crippen LogP contribution in [0.3, 0.4) is 0 Å². The van der Waals surface area contributed by atoms with Gasteiger partial charge in [-0.15, -0.1) is 0 Å². The van der Waals surface area contributed by atoms with Crippen molar-refractivity contribution in [3.05, 3.63) is 0 Å². The number of aliphatic carboxylic acids is 4. The molecule has 0 saturated heterocycles. The lowest BCUT2D eigenvalue weighted by molar-refractivity contribution is -0.144. The number of carbonyl (C=O) groups excluding carboxylic acids is 11. The van der Waals surface area contributed by atoms with Crippen LogP contribution in [0.1, 0.15) is 361 Å². The predicted octanol–water partition coefficient (Wildman–Crippen LogP) is 11.2. The summed E-state index contributed by atoms with van der Waals surface area (Å²) in [6, 6.07) is -2.72. The normalized spacial score (nSPS) is 12.9. The van der Waals surface area contributed by atoms with Gasteiger partial charge in [-0.05, 0) is 117 Å². The molecule has 16 N–H and O–H groups in total. The highest BCUT2D eigenvalue weighted by Crippen LogP contribution is 2.25. The number of hydrogen-bond donors (Lipinski definition) is 13. The molecule has 0 saturated carbocycles. The number of nitrogens with one attached hydrogen (secondary N) is 6. The number of hydrogen-bond acceptors (Lipinski definition) is 22. The smallest absolute Gasteiger partial charge is 0.326 e. The van der Waals surface area contributed by atoms with Crippen molar-refractivity contribution >= 4 is 88.2 Å². The summed E-state index contributed by atoms with van der Waals surface area (Å²) < 4.78 is 21.8. The summed E-state index contributed by atoms with van der Waals surface area (Å²) >= 11 is 0. The SMILES string of the molecule is CC(=O)[C@H](CCCCNC(=O)[C@@H](N)CCCCCC(=O)COCCOCCNC(=O)CC[C@H](CC(=O)CCCCCCCCCCCCCCCCC(=O)O)C(=O)O)CC(=O)[C@H](CCCCNC(=O)[C@@H](N)CCCCNC(=O)COCCOCCNC(=O)CC[C@H](NC(=O)CCCCCCCCCCCCCCCCC(=O)O)C(=O)O)CC(=O)C(C)(C)N. The molecule has 0 rings (SSSR count). The fourth-order valence-corrected chi connectivity index (χ4v) is 14.1. The Morgan fingerprint density at radius 2 is 0.667 bits per heavy atom. The zero-order chi connectivity index (χ0) is 91.4. The number of carboxylic acids is 4. The second-order valence-corrected chi connectivity index (χ2v) is 33.8. The molecule has 32 heteroatoms. The van der Waals surface area contributed by atoms with Gasteiger partial charge in [-0.25, -0.2) is 4.79 Å². The summed E-state index contributed by atoms with van der Waals surface area (Å²) in [5.41, 5.74) is 17.3. The maximum atomic E-state index is 13.8. The van der Waals surface area contributed by atoms with Gasteiger partial charge in [0.15, 0.2) is 11.6 Å². The minimum atomic E-state index is -1.21. The summed E-state index contributed by atoms with van der Waals surface area (Å²) in [4.78, 5) is 185. The lowest BCUT2D eigenvalue weighted by Crippen LogP contribution is -2.43. The molecular weight excluding hydrogens is 1590 g/mol. The zero-order valence-electron chi connectivity index (χ0n) is 75.4. The predicted molar refractivity (Wildman–Crippen MR) is 471 cm³/mol. The van der Waals surface area contributed by atoms with Gasteiger partial charge in [0.2, 0.25) is 35.4 Å². The van der Waals surface area contributed by atoms with E-state index in [9.17, 15) is 82.1 Å². The maximum Gasteiger partial charge on any atom is 0.326 e. The van der Waals surface area contributed by atoms with E-state index in [-0.39, 0.29) is 201 Å². The Hall–Kier alpha value is -7.23. The lowest BCUT2D eigenvalue weighted by atomic mass is 9.82. The molecule has 32 nitrogen and oxygen atoms in total. The number of rotatable bonds is 91. The van der Waals surface area contributed by atoms with Crippen molar-refractivity contribution in [1.82, 2.24) is 31.9 Å². The van der Waals surface area contributed by atoms with Crippen LogP contribution in [0.5, 0.6) is 0 Å². The van der Waals surface area contributed by atoms with Gasteiger partial charge >= 0.3 is 23.9 Å². The van der Waals surface area contributed by atoms with E-state index in [1.54, 1.807) is 13.8 Å². The summed E-state index contributed by atoms with van der Waals surface area (Å²) in [6.45, 7) is 6.60. The quantitative estimate of drug-likeness (QED) is 0.0252. The van der Waals surface area contributed by atoms with E-state index in [1.807, 2.05) is 0 Å². The molecule has 0 aromatic heterocycles. The van der Waals surface area contributed by atoms with E-state index in [0.717, 1.165) is 109 Å². The van der Waals surface area contributed by atoms with Gasteiger partial charge in [-0.2, -0.15) is 0 Å². The Bertz CT molecular complexity index is 2940. The van der Waals surface area contributed by atoms with Gasteiger partial charge in [0, 0.05) is 109 Å². The Morgan fingerprint density at radius 3 is 1.09 bits per heavy atom. The highest BCUT2D eigenvalue weighted by atomic mass is 16.5. The molecule has 0 unspecified atom stereocenters. The number of nitrogens with two attached hydrogens (primary N) is 3. The molecule has 0 aliphatic carbocycles. The van der Waals surface area contributed by atoms with Crippen LogP contribution < -0.4 is 49.1 Å². The first-order valence-electron chi connectivity index (χ1n) is 46.7. The van der Waals surface area contributed by atoms with Crippen molar-refractivity contribution in [3.8, 4) is 0 Å². The monoisotopic (exact) mass is 1750 g/mol. The van der Waals surface area contributed by atoms with E-state index < -0.39 is 65.3 Å². The Labute approximate surface area is 733 Å². The molecule has 0 aromatic rings. The summed E-state index contributed by atoms with van der Waals surface area (Å²) in [5.74, 6) is -8.87. The van der Waals surface area contributed by atoms with Crippen LogP contribution in [0.2, 0.25) is 0 Å². The largest absolute Gasteiger partial charge is 0.481 e. The fraction of sp³-hybridized carbons (Fsp3) is 0.835. The number of ketones is 5. The Balaban J connectivity index is 4.25. The van der Waals surface area contributed by atoms with E-state index in [0.29, 0.717) is 116 Å². The van der Waals surface area contributed by atoms with Crippen LogP contribution in [0.25, 0.3) is 0 Å². The maximum absolute atomic E-state index is 13.8. The van der Waals surface area contributed by atoms with Crippen molar-refractivity contribution < 1.29 is 111 Å². The van der Waals surface area contributed by atoms with Crippen molar-refractivity contribution in [2.75, 3.05) is 85.6 Å². The van der Waals surface area contributed by atoms with E-state index in [1.165, 1.54) is 71.1 Å². The third-order valence-corrected chi connectivity index (χ3v) is 21.9. The first kappa shape index (κ1) is 116. The topological polar surface area (TPSA) is 524 Å². The van der Waals surface area contributed by atoms with E-state index >= 15 is 0 Å². The van der Waals surface area contributed by atoms with Gasteiger partial charge < -0.3 is 88.5 Å². The third kappa shape index (κ3) is 73.7. The third-order valence-electron chi connectivity index (χ3n) is 21.9. The second-order valence-electron chi connectivity index (χ2n) is 33.8. The average Bonchev–Trinajstić information content (AvgIpc) is 0.867. The molecule has 710 valence electrons. The van der Waals surface area contributed by atoms with Crippen LogP contribution in [0, 0.1) is 17.8 Å². The van der Waals surface area contributed by atoms with Crippen LogP contribution in [-0.4, -0.2) is 218 Å². The molecule has 6 atom stereocenters. The molecule has 0 aliphatic heterocycles. The minimum absolute atomic E-state index is 0.0303. The first-order chi connectivity index (χ1) is 58.9. The number of unbranched alkanes of at least 4 members (excludes halogenated alkanes) is 31. The molecule has 0 heterocycles. The number of Topliss-reactive ketones (excluding diaryl/α,β-unsaturated/α-hetero) is 5. The summed E-state index contributed by atoms with van der Waals surface area (Å²) in [5, 5.41) is 53.1. The molecule has 0 aromatic carbocycles. The minimum Gasteiger partial charge on any atom is -0.481 e. The number of ether oxygens (including phenoxy) is 4. The second kappa shape index (κ2) is 78.3. The highest BCUT2D eigenvalue weighted by molar-refractivity contribution is 5.94. The van der Waals surface area contributed by atoms with E-state index in [4.69, 9.17) is 46.4 Å². The summed E-state index contributed by atoms with van der Waals surface area (Å²) in [7, 11) is 0. The first-order valence-corrected chi connectivity index (χ1v) is 46.7. The zero-order valence-corrected chi connectivity index (χ0v) is 75.4. The molecule has 0 radical (unpaired) electrons. The van der Waals surface area contributed by atoms with Crippen LogP contribution in [0.4, 0.5) is 0 Å². The molecule has 123 heavy (non-hydrogen) atoms. The van der Waals surface area contributed by atoms with Crippen molar-refractivity contribution in [3.63, 3.8) is 0 Å². The van der Waals surface area contributed by atoms with Crippen LogP contribution in [0.15, 0.2) is 0 Å². The molecule has 6 amide bonds. The Morgan fingerprint density at radius 1 is 0.309 bits per heavy atom. The van der Waals surface area contributed by atoms with Crippen molar-refractivity contribution in [2.45, 2.75) is 385 Å².